The first kappa shape index (κ1) is 28.3. The van der Waals surface area contributed by atoms with Gasteiger partial charge in [-0.25, -0.2) is 4.39 Å². The number of carbonyl (C=O) groups is 1. The fourth-order valence-electron chi connectivity index (χ4n) is 5.05. The van der Waals surface area contributed by atoms with Crippen LogP contribution in [-0.2, 0) is 4.74 Å². The molecule has 10 heteroatoms. The molecule has 2 aromatic heterocycles. The number of pyridine rings is 2. The van der Waals surface area contributed by atoms with Gasteiger partial charge in [0.05, 0.1) is 43.5 Å². The molecule has 43 heavy (non-hydrogen) atoms. The largest absolute Gasteiger partial charge is 0.493 e. The Morgan fingerprint density at radius 2 is 1.81 bits per heavy atom. The molecule has 9 nitrogen and oxygen atoms in total. The third-order valence-corrected chi connectivity index (χ3v) is 7.25. The number of anilines is 1. The number of amides is 1. The summed E-state index contributed by atoms with van der Waals surface area (Å²) in [5.41, 5.74) is 1.88. The maximum absolute atomic E-state index is 15.2. The summed E-state index contributed by atoms with van der Waals surface area (Å²) in [5, 5.41) is 4.23. The van der Waals surface area contributed by atoms with Crippen LogP contribution in [0.4, 0.5) is 10.1 Å². The number of nitrogens with zero attached hydrogens (tertiary/aromatic N) is 3. The first-order valence-electron chi connectivity index (χ1n) is 14.1. The summed E-state index contributed by atoms with van der Waals surface area (Å²) < 4.78 is 38.2. The van der Waals surface area contributed by atoms with Crippen LogP contribution in [0.1, 0.15) is 16.8 Å². The van der Waals surface area contributed by atoms with E-state index in [1.807, 2.05) is 18.2 Å². The third-order valence-electron chi connectivity index (χ3n) is 7.25. The van der Waals surface area contributed by atoms with E-state index in [1.54, 1.807) is 55.9 Å². The quantitative estimate of drug-likeness (QED) is 0.198. The molecule has 3 heterocycles. The number of fused-ring (bicyclic) bond motifs is 2. The van der Waals surface area contributed by atoms with Crippen molar-refractivity contribution in [2.24, 2.45) is 0 Å². The zero-order valence-corrected chi connectivity index (χ0v) is 23.7. The van der Waals surface area contributed by atoms with Gasteiger partial charge in [-0.2, -0.15) is 0 Å². The van der Waals surface area contributed by atoms with Crippen LogP contribution in [0.15, 0.2) is 79.1 Å². The van der Waals surface area contributed by atoms with Gasteiger partial charge in [-0.15, -0.1) is 0 Å². The van der Waals surface area contributed by atoms with Gasteiger partial charge in [0, 0.05) is 60.6 Å². The number of hydrogen-bond acceptors (Lipinski definition) is 8. The van der Waals surface area contributed by atoms with Crippen molar-refractivity contribution in [2.75, 3.05) is 51.9 Å². The smallest absolute Gasteiger partial charge is 0.257 e. The summed E-state index contributed by atoms with van der Waals surface area (Å²) in [6.45, 7) is 4.87. The zero-order chi connectivity index (χ0) is 29.6. The normalized spacial score (nSPS) is 13.6. The summed E-state index contributed by atoms with van der Waals surface area (Å²) in [5.74, 6) is 0.488. The lowest BCUT2D eigenvalue weighted by Gasteiger charge is -2.26. The van der Waals surface area contributed by atoms with E-state index in [2.05, 4.69) is 20.2 Å². The number of rotatable bonds is 10. The van der Waals surface area contributed by atoms with Crippen molar-refractivity contribution in [3.8, 4) is 23.0 Å². The SMILES string of the molecule is COc1cc2c(Oc3ccc(NC(=O)c4cccc5cccnc45)cc3F)ccnc2cc1OCCCN1CCOCC1. The lowest BCUT2D eigenvalue weighted by Crippen LogP contribution is -2.37. The van der Waals surface area contributed by atoms with Crippen LogP contribution in [0.3, 0.4) is 0 Å². The highest BCUT2D eigenvalue weighted by Gasteiger charge is 2.16. The molecule has 0 bridgehead atoms. The molecule has 1 fully saturated rings. The number of aromatic nitrogens is 2. The number of para-hydroxylation sites is 1. The van der Waals surface area contributed by atoms with Crippen molar-refractivity contribution in [3.63, 3.8) is 0 Å². The number of halogens is 1. The minimum absolute atomic E-state index is 0.000248. The summed E-state index contributed by atoms with van der Waals surface area (Å²) in [7, 11) is 1.57. The second-order valence-corrected chi connectivity index (χ2v) is 10.1. The molecule has 1 N–H and O–H groups in total. The highest BCUT2D eigenvalue weighted by molar-refractivity contribution is 6.11. The second-order valence-electron chi connectivity index (χ2n) is 10.1. The number of methoxy groups -OCH3 is 1. The first-order chi connectivity index (χ1) is 21.1. The number of carbonyl (C=O) groups excluding carboxylic acids is 1. The van der Waals surface area contributed by atoms with Crippen molar-refractivity contribution >= 4 is 33.4 Å². The van der Waals surface area contributed by atoms with Crippen LogP contribution in [0, 0.1) is 5.82 Å². The van der Waals surface area contributed by atoms with Crippen molar-refractivity contribution in [1.82, 2.24) is 14.9 Å². The van der Waals surface area contributed by atoms with Gasteiger partial charge in [0.1, 0.15) is 5.75 Å². The predicted octanol–water partition coefficient (Wildman–Crippen LogP) is 6.08. The van der Waals surface area contributed by atoms with E-state index in [9.17, 15) is 4.79 Å². The van der Waals surface area contributed by atoms with Crippen LogP contribution in [0.2, 0.25) is 0 Å². The van der Waals surface area contributed by atoms with Gasteiger partial charge in [-0.05, 0) is 42.8 Å². The summed E-state index contributed by atoms with van der Waals surface area (Å²) >= 11 is 0. The van der Waals surface area contributed by atoms with Crippen molar-refractivity contribution in [1.29, 1.82) is 0 Å². The van der Waals surface area contributed by atoms with E-state index in [4.69, 9.17) is 18.9 Å². The van der Waals surface area contributed by atoms with Crippen molar-refractivity contribution in [3.05, 3.63) is 90.5 Å². The molecule has 1 saturated heterocycles. The van der Waals surface area contributed by atoms with Crippen LogP contribution < -0.4 is 19.5 Å². The van der Waals surface area contributed by atoms with Gasteiger partial charge >= 0.3 is 0 Å². The minimum atomic E-state index is -0.633. The molecule has 0 unspecified atom stereocenters. The molecule has 3 aromatic carbocycles. The lowest BCUT2D eigenvalue weighted by molar-refractivity contribution is 0.0357. The van der Waals surface area contributed by atoms with E-state index >= 15 is 4.39 Å². The van der Waals surface area contributed by atoms with Crippen LogP contribution >= 0.6 is 0 Å². The minimum Gasteiger partial charge on any atom is -0.493 e. The molecular weight excluding hydrogens is 551 g/mol. The molecule has 1 amide bonds. The molecule has 6 rings (SSSR count). The maximum atomic E-state index is 15.2. The van der Waals surface area contributed by atoms with Gasteiger partial charge in [-0.1, -0.05) is 18.2 Å². The molecule has 0 aliphatic carbocycles. The first-order valence-corrected chi connectivity index (χ1v) is 14.1. The second kappa shape index (κ2) is 13.0. The monoisotopic (exact) mass is 582 g/mol. The number of ether oxygens (including phenoxy) is 4. The molecule has 0 radical (unpaired) electrons. The predicted molar refractivity (Wildman–Crippen MR) is 162 cm³/mol. The topological polar surface area (TPSA) is 95.0 Å². The average Bonchev–Trinajstić information content (AvgIpc) is 3.04. The maximum Gasteiger partial charge on any atom is 0.257 e. The van der Waals surface area contributed by atoms with Crippen LogP contribution in [0.5, 0.6) is 23.0 Å². The van der Waals surface area contributed by atoms with Gasteiger partial charge in [0.25, 0.3) is 5.91 Å². The van der Waals surface area contributed by atoms with Crippen molar-refractivity contribution < 1.29 is 28.1 Å². The Morgan fingerprint density at radius 1 is 0.953 bits per heavy atom. The fraction of sp³-hybridized carbons (Fsp3) is 0.242. The Morgan fingerprint density at radius 3 is 2.65 bits per heavy atom. The lowest BCUT2D eigenvalue weighted by atomic mass is 10.1. The van der Waals surface area contributed by atoms with Gasteiger partial charge in [-0.3, -0.25) is 19.7 Å². The van der Waals surface area contributed by atoms with Crippen molar-refractivity contribution in [2.45, 2.75) is 6.42 Å². The van der Waals surface area contributed by atoms with Gasteiger partial charge < -0.3 is 24.3 Å². The fourth-order valence-corrected chi connectivity index (χ4v) is 5.05. The number of benzene rings is 3. The summed E-state index contributed by atoms with van der Waals surface area (Å²) in [6, 6.07) is 18.6. The van der Waals surface area contributed by atoms with Gasteiger partial charge in [0.15, 0.2) is 23.1 Å². The zero-order valence-electron chi connectivity index (χ0n) is 23.7. The Kier molecular flexibility index (Phi) is 8.57. The van der Waals surface area contributed by atoms with Gasteiger partial charge in [0.2, 0.25) is 0 Å². The number of nitrogens with one attached hydrogen (secondary N) is 1. The number of morpholine rings is 1. The van der Waals surface area contributed by atoms with E-state index in [0.717, 1.165) is 44.7 Å². The molecule has 0 atom stereocenters. The summed E-state index contributed by atoms with van der Waals surface area (Å²) in [4.78, 5) is 24.1. The molecule has 1 aliphatic rings. The Labute approximate surface area is 248 Å². The van der Waals surface area contributed by atoms with Crippen LogP contribution in [0.25, 0.3) is 21.8 Å². The van der Waals surface area contributed by atoms with E-state index in [1.165, 1.54) is 12.1 Å². The third kappa shape index (κ3) is 6.50. The Bertz CT molecular complexity index is 1750. The number of hydrogen-bond donors (Lipinski definition) is 1. The Balaban J connectivity index is 1.15. The molecule has 0 spiro atoms. The van der Waals surface area contributed by atoms with Crippen LogP contribution in [-0.4, -0.2) is 67.3 Å². The van der Waals surface area contributed by atoms with E-state index in [-0.39, 0.29) is 11.7 Å². The molecule has 220 valence electrons. The molecule has 5 aromatic rings. The summed E-state index contributed by atoms with van der Waals surface area (Å²) in [6.07, 6.45) is 4.09. The van der Waals surface area contributed by atoms with E-state index in [0.29, 0.717) is 51.5 Å². The van der Waals surface area contributed by atoms with E-state index < -0.39 is 5.82 Å². The molecule has 0 saturated carbocycles. The Hall–Kier alpha value is -4.80. The highest BCUT2D eigenvalue weighted by atomic mass is 19.1. The average molecular weight is 583 g/mol. The molecular formula is C33H31FN4O5. The highest BCUT2D eigenvalue weighted by Crippen LogP contribution is 2.38. The molecule has 1 aliphatic heterocycles. The standard InChI is InChI=1S/C33H31FN4O5/c1-40-30-20-25-27(21-31(30)42-16-4-13-38-14-17-41-18-15-38)35-12-10-28(25)43-29-9-8-23(19-26(29)34)37-33(39)24-7-2-5-22-6-3-11-36-32(22)24/h2-3,5-12,19-21H,4,13-18H2,1H3,(H,37,39).